The Balaban J connectivity index is 1.59. The molecule has 1 aliphatic rings. The molecule has 2 aromatic carbocycles. The van der Waals surface area contributed by atoms with Crippen LogP contribution in [0.1, 0.15) is 12.5 Å². The van der Waals surface area contributed by atoms with E-state index in [4.69, 9.17) is 11.6 Å². The van der Waals surface area contributed by atoms with Gasteiger partial charge in [0.25, 0.3) is 0 Å². The summed E-state index contributed by atoms with van der Waals surface area (Å²) in [6, 6.07) is 13.5. The Morgan fingerprint density at radius 3 is 2.32 bits per heavy atom. The van der Waals surface area contributed by atoms with Gasteiger partial charge in [-0.3, -0.25) is 9.69 Å². The normalized spacial score (nSPS) is 17.2. The quantitative estimate of drug-likeness (QED) is 0.805. The molecule has 0 radical (unpaired) electrons. The van der Waals surface area contributed by atoms with Gasteiger partial charge in [-0.15, -0.1) is 0 Å². The zero-order valence-corrected chi connectivity index (χ0v) is 17.5. The van der Waals surface area contributed by atoms with Gasteiger partial charge < -0.3 is 5.32 Å². The molecule has 1 aliphatic heterocycles. The molecule has 6 nitrogen and oxygen atoms in total. The van der Waals surface area contributed by atoms with Gasteiger partial charge in [0.1, 0.15) is 0 Å². The monoisotopic (exact) mass is 421 g/mol. The highest BCUT2D eigenvalue weighted by Gasteiger charge is 2.31. The molecule has 1 unspecified atom stereocenters. The van der Waals surface area contributed by atoms with Crippen LogP contribution in [0.25, 0.3) is 0 Å². The molecular weight excluding hydrogens is 398 g/mol. The fourth-order valence-corrected chi connectivity index (χ4v) is 4.77. The maximum absolute atomic E-state index is 12.8. The molecule has 0 aromatic heterocycles. The lowest BCUT2D eigenvalue weighted by Crippen LogP contribution is -2.53. The van der Waals surface area contributed by atoms with E-state index >= 15 is 0 Å². The number of hydrogen-bond acceptors (Lipinski definition) is 4. The molecule has 3 rings (SSSR count). The van der Waals surface area contributed by atoms with E-state index < -0.39 is 10.0 Å². The van der Waals surface area contributed by atoms with Crippen molar-refractivity contribution in [1.29, 1.82) is 0 Å². The number of anilines is 1. The fourth-order valence-electron chi connectivity index (χ4n) is 3.22. The van der Waals surface area contributed by atoms with Crippen LogP contribution in [-0.2, 0) is 14.8 Å². The van der Waals surface area contributed by atoms with Crippen molar-refractivity contribution in [2.24, 2.45) is 0 Å². The molecule has 1 heterocycles. The molecule has 1 saturated heterocycles. The standard InChI is InChI=1S/C20H24ClN3O3S/c1-15-4-3-5-18(14-15)22-20(25)16(2)23-10-12-24(13-11-23)28(26,27)19-8-6-17(21)7-9-19/h3-9,14,16H,10-13H2,1-2H3,(H,22,25). The number of piperazine rings is 1. The summed E-state index contributed by atoms with van der Waals surface area (Å²) in [6.45, 7) is 5.48. The topological polar surface area (TPSA) is 69.7 Å². The number of sulfonamides is 1. The SMILES string of the molecule is Cc1cccc(NC(=O)C(C)N2CCN(S(=O)(=O)c3ccc(Cl)cc3)CC2)c1. The van der Waals surface area contributed by atoms with E-state index in [2.05, 4.69) is 5.32 Å². The van der Waals surface area contributed by atoms with Gasteiger partial charge in [0.2, 0.25) is 15.9 Å². The number of carbonyl (C=O) groups is 1. The summed E-state index contributed by atoms with van der Waals surface area (Å²) in [5, 5.41) is 3.42. The van der Waals surface area contributed by atoms with Crippen LogP contribution in [0.15, 0.2) is 53.4 Å². The average molecular weight is 422 g/mol. The molecular formula is C20H24ClN3O3S. The van der Waals surface area contributed by atoms with Gasteiger partial charge in [-0.05, 0) is 55.8 Å². The van der Waals surface area contributed by atoms with Gasteiger partial charge in [0, 0.05) is 36.9 Å². The van der Waals surface area contributed by atoms with E-state index in [-0.39, 0.29) is 16.8 Å². The average Bonchev–Trinajstić information content (AvgIpc) is 2.68. The number of halogens is 1. The molecule has 1 amide bonds. The summed E-state index contributed by atoms with van der Waals surface area (Å²) in [4.78, 5) is 14.8. The second kappa shape index (κ2) is 8.61. The Hall–Kier alpha value is -1.93. The van der Waals surface area contributed by atoms with Crippen molar-refractivity contribution in [2.75, 3.05) is 31.5 Å². The highest BCUT2D eigenvalue weighted by molar-refractivity contribution is 7.89. The van der Waals surface area contributed by atoms with Crippen molar-refractivity contribution in [3.63, 3.8) is 0 Å². The van der Waals surface area contributed by atoms with Gasteiger partial charge in [-0.25, -0.2) is 8.42 Å². The molecule has 28 heavy (non-hydrogen) atoms. The Labute approximate surface area is 171 Å². The van der Waals surface area contributed by atoms with Crippen LogP contribution in [0.5, 0.6) is 0 Å². The Morgan fingerprint density at radius 1 is 1.07 bits per heavy atom. The van der Waals surface area contributed by atoms with Crippen LogP contribution in [-0.4, -0.2) is 55.8 Å². The summed E-state index contributed by atoms with van der Waals surface area (Å²) in [5.74, 6) is -0.0976. The first-order valence-corrected chi connectivity index (χ1v) is 11.0. The van der Waals surface area contributed by atoms with E-state index in [1.54, 1.807) is 12.1 Å². The first kappa shape index (κ1) is 20.8. The molecule has 0 spiro atoms. The predicted octanol–water partition coefficient (Wildman–Crippen LogP) is 2.98. The Bertz CT molecular complexity index is 939. The summed E-state index contributed by atoms with van der Waals surface area (Å²) in [7, 11) is -3.55. The van der Waals surface area contributed by atoms with Crippen LogP contribution in [0.3, 0.4) is 0 Å². The minimum atomic E-state index is -3.55. The lowest BCUT2D eigenvalue weighted by molar-refractivity contribution is -0.121. The third-order valence-electron chi connectivity index (χ3n) is 4.94. The number of nitrogens with one attached hydrogen (secondary N) is 1. The van der Waals surface area contributed by atoms with E-state index in [1.807, 2.05) is 43.0 Å². The first-order valence-electron chi connectivity index (χ1n) is 9.15. The lowest BCUT2D eigenvalue weighted by atomic mass is 10.2. The van der Waals surface area contributed by atoms with Crippen molar-refractivity contribution >= 4 is 33.2 Å². The predicted molar refractivity (Wildman–Crippen MR) is 111 cm³/mol. The van der Waals surface area contributed by atoms with Crippen LogP contribution in [0.4, 0.5) is 5.69 Å². The summed E-state index contributed by atoms with van der Waals surface area (Å²) < 4.78 is 27.0. The van der Waals surface area contributed by atoms with E-state index in [9.17, 15) is 13.2 Å². The van der Waals surface area contributed by atoms with Gasteiger partial charge in [0.15, 0.2) is 0 Å². The zero-order chi connectivity index (χ0) is 20.3. The maximum Gasteiger partial charge on any atom is 0.243 e. The number of amides is 1. The Kier molecular flexibility index (Phi) is 6.40. The number of aryl methyl sites for hydroxylation is 1. The number of nitrogens with zero attached hydrogens (tertiary/aromatic N) is 2. The molecule has 2 aromatic rings. The first-order chi connectivity index (χ1) is 13.3. The molecule has 150 valence electrons. The summed E-state index contributed by atoms with van der Waals surface area (Å²) in [6.07, 6.45) is 0. The van der Waals surface area contributed by atoms with E-state index in [1.165, 1.54) is 16.4 Å². The fraction of sp³-hybridized carbons (Fsp3) is 0.350. The summed E-state index contributed by atoms with van der Waals surface area (Å²) in [5.41, 5.74) is 1.84. The van der Waals surface area contributed by atoms with Crippen LogP contribution in [0, 0.1) is 6.92 Å². The van der Waals surface area contributed by atoms with Crippen molar-refractivity contribution in [3.05, 3.63) is 59.1 Å². The minimum absolute atomic E-state index is 0.0976. The van der Waals surface area contributed by atoms with Crippen molar-refractivity contribution in [1.82, 2.24) is 9.21 Å². The smallest absolute Gasteiger partial charge is 0.243 e. The zero-order valence-electron chi connectivity index (χ0n) is 15.9. The number of carbonyl (C=O) groups excluding carboxylic acids is 1. The van der Waals surface area contributed by atoms with Gasteiger partial charge in [0.05, 0.1) is 10.9 Å². The van der Waals surface area contributed by atoms with E-state index in [0.717, 1.165) is 11.3 Å². The van der Waals surface area contributed by atoms with Crippen LogP contribution in [0.2, 0.25) is 5.02 Å². The minimum Gasteiger partial charge on any atom is -0.325 e. The van der Waals surface area contributed by atoms with Crippen molar-refractivity contribution in [2.45, 2.75) is 24.8 Å². The molecule has 0 saturated carbocycles. The van der Waals surface area contributed by atoms with Gasteiger partial charge >= 0.3 is 0 Å². The lowest BCUT2D eigenvalue weighted by Gasteiger charge is -2.36. The van der Waals surface area contributed by atoms with Crippen LogP contribution >= 0.6 is 11.6 Å². The third-order valence-corrected chi connectivity index (χ3v) is 7.10. The largest absolute Gasteiger partial charge is 0.325 e. The van der Waals surface area contributed by atoms with Crippen molar-refractivity contribution < 1.29 is 13.2 Å². The Morgan fingerprint density at radius 2 is 1.71 bits per heavy atom. The molecule has 8 heteroatoms. The second-order valence-electron chi connectivity index (χ2n) is 6.93. The molecule has 0 bridgehead atoms. The number of rotatable bonds is 5. The van der Waals surface area contributed by atoms with E-state index in [0.29, 0.717) is 31.2 Å². The molecule has 1 fully saturated rings. The highest BCUT2D eigenvalue weighted by atomic mass is 35.5. The molecule has 1 atom stereocenters. The van der Waals surface area contributed by atoms with Gasteiger partial charge in [-0.2, -0.15) is 4.31 Å². The third kappa shape index (κ3) is 4.72. The summed E-state index contributed by atoms with van der Waals surface area (Å²) >= 11 is 5.84. The highest BCUT2D eigenvalue weighted by Crippen LogP contribution is 2.20. The number of hydrogen-bond donors (Lipinski definition) is 1. The van der Waals surface area contributed by atoms with Crippen molar-refractivity contribution in [3.8, 4) is 0 Å². The second-order valence-corrected chi connectivity index (χ2v) is 9.30. The van der Waals surface area contributed by atoms with Gasteiger partial charge in [-0.1, -0.05) is 23.7 Å². The molecule has 1 N–H and O–H groups in total. The maximum atomic E-state index is 12.8. The van der Waals surface area contributed by atoms with Crippen LogP contribution < -0.4 is 5.32 Å². The molecule has 0 aliphatic carbocycles. The number of benzene rings is 2.